The number of nitrogens with two attached hydrogens (primary N) is 1. The molecule has 4 atom stereocenters. The summed E-state index contributed by atoms with van der Waals surface area (Å²) in [4.78, 5) is 59.1. The maximum absolute atomic E-state index is 13.4. The Labute approximate surface area is 285 Å². The van der Waals surface area contributed by atoms with Crippen LogP contribution in [0.4, 0.5) is 4.79 Å². The number of thiazole rings is 3. The molecule has 0 spiro atoms. The Kier molecular flexibility index (Phi) is 9.91. The van der Waals surface area contributed by atoms with Crippen LogP contribution in [0.2, 0.25) is 0 Å². The number of ether oxygens (including phenoxy) is 4. The lowest BCUT2D eigenvalue weighted by molar-refractivity contribution is -0.0757. The van der Waals surface area contributed by atoms with Gasteiger partial charge in [-0.3, -0.25) is 9.89 Å². The van der Waals surface area contributed by atoms with Crippen molar-refractivity contribution in [2.24, 2.45) is 10.7 Å². The zero-order chi connectivity index (χ0) is 34.3. The third-order valence-corrected chi connectivity index (χ3v) is 10.5. The number of hydrogen-bond donors (Lipinski definition) is 1. The summed E-state index contributed by atoms with van der Waals surface area (Å²) >= 11 is 3.95. The molecule has 0 bridgehead atoms. The minimum Gasteiger partial charge on any atom is -0.461 e. The predicted molar refractivity (Wildman–Crippen MR) is 178 cm³/mol. The Morgan fingerprint density at radius 3 is 2.30 bits per heavy atom. The van der Waals surface area contributed by atoms with Gasteiger partial charge in [0.1, 0.15) is 37.9 Å². The molecule has 2 aliphatic heterocycles. The molecule has 3 aromatic rings. The van der Waals surface area contributed by atoms with E-state index in [0.717, 1.165) is 0 Å². The van der Waals surface area contributed by atoms with Crippen LogP contribution in [0.3, 0.4) is 0 Å². The van der Waals surface area contributed by atoms with Crippen molar-refractivity contribution in [1.82, 2.24) is 19.9 Å². The van der Waals surface area contributed by atoms with E-state index in [0.29, 0.717) is 39.3 Å². The largest absolute Gasteiger partial charge is 0.461 e. The van der Waals surface area contributed by atoms with Crippen LogP contribution in [0, 0.1) is 0 Å². The molecule has 2 N–H and O–H groups in total. The molecule has 47 heavy (non-hydrogen) atoms. The first kappa shape index (κ1) is 35.0. The van der Waals surface area contributed by atoms with Crippen LogP contribution in [0.15, 0.2) is 21.1 Å². The summed E-state index contributed by atoms with van der Waals surface area (Å²) in [5.41, 5.74) is 5.96. The highest BCUT2D eigenvalue weighted by Crippen LogP contribution is 2.49. The lowest BCUT2D eigenvalue weighted by atomic mass is 9.87. The van der Waals surface area contributed by atoms with Crippen molar-refractivity contribution < 1.29 is 33.3 Å². The van der Waals surface area contributed by atoms with Crippen LogP contribution >= 0.6 is 34.0 Å². The fourth-order valence-corrected chi connectivity index (χ4v) is 8.55. The summed E-state index contributed by atoms with van der Waals surface area (Å²) in [6, 6.07) is -1.30. The minimum atomic E-state index is -1.09. The number of carbonyl (C=O) groups is 3. The Balaban J connectivity index is 1.53. The molecule has 5 rings (SSSR count). The summed E-state index contributed by atoms with van der Waals surface area (Å²) < 4.78 is 22.3. The molecular weight excluding hydrogens is 665 g/mol. The topological polar surface area (TPSA) is 168 Å². The predicted octanol–water partition coefficient (Wildman–Crippen LogP) is 6.02. The second kappa shape index (κ2) is 13.3. The van der Waals surface area contributed by atoms with Gasteiger partial charge in [-0.2, -0.15) is 0 Å². The fourth-order valence-electron chi connectivity index (χ4n) is 5.71. The van der Waals surface area contributed by atoms with Gasteiger partial charge < -0.3 is 24.7 Å². The van der Waals surface area contributed by atoms with Crippen LogP contribution < -0.4 is 5.73 Å². The fraction of sp³-hybridized carbons (Fsp3) is 0.581. The maximum atomic E-state index is 13.4. The number of carbonyl (C=O) groups excluding carboxylic acids is 3. The lowest BCUT2D eigenvalue weighted by Gasteiger charge is -2.34. The van der Waals surface area contributed by atoms with E-state index in [4.69, 9.17) is 34.7 Å². The SMILES string of the molecule is CCOC(=O)c1csc(C2=N[C@@](c3nc(C(=O)OCC)cs3)([C@H](N)c3csc([C@@H]4[C@@H](C)OC(C)(C)N4C(=O)OC(C)(C)C)n3)CC2)n1. The molecular formula is C31H40N6O7S3. The van der Waals surface area contributed by atoms with Crippen molar-refractivity contribution in [2.75, 3.05) is 13.2 Å². The Hall–Kier alpha value is -3.31. The first-order valence-electron chi connectivity index (χ1n) is 15.4. The molecule has 13 nitrogen and oxygen atoms in total. The normalized spacial score (nSPS) is 23.0. The molecule has 2 aliphatic rings. The average Bonchev–Trinajstić information content (AvgIpc) is 3.81. The summed E-state index contributed by atoms with van der Waals surface area (Å²) in [6.07, 6.45) is 0.0883. The third kappa shape index (κ3) is 6.97. The molecule has 16 heteroatoms. The van der Waals surface area contributed by atoms with Crippen molar-refractivity contribution >= 4 is 57.8 Å². The Morgan fingerprint density at radius 1 is 1.02 bits per heavy atom. The lowest BCUT2D eigenvalue weighted by Crippen LogP contribution is -2.47. The smallest absolute Gasteiger partial charge is 0.413 e. The van der Waals surface area contributed by atoms with Crippen LogP contribution in [-0.4, -0.2) is 74.2 Å². The highest BCUT2D eigenvalue weighted by Gasteiger charge is 2.52. The van der Waals surface area contributed by atoms with E-state index in [2.05, 4.69) is 9.97 Å². The van der Waals surface area contributed by atoms with Gasteiger partial charge in [0.05, 0.1) is 36.8 Å². The van der Waals surface area contributed by atoms with Gasteiger partial charge in [-0.1, -0.05) is 0 Å². The summed E-state index contributed by atoms with van der Waals surface area (Å²) in [6.45, 7) is 14.9. The monoisotopic (exact) mass is 704 g/mol. The molecule has 0 aliphatic carbocycles. The van der Waals surface area contributed by atoms with Gasteiger partial charge in [-0.25, -0.2) is 29.3 Å². The quantitative estimate of drug-likeness (QED) is 0.204. The Morgan fingerprint density at radius 2 is 1.66 bits per heavy atom. The van der Waals surface area contributed by atoms with Crippen LogP contribution in [0.1, 0.15) is 122 Å². The highest BCUT2D eigenvalue weighted by molar-refractivity contribution is 7.12. The van der Waals surface area contributed by atoms with Crippen molar-refractivity contribution in [1.29, 1.82) is 0 Å². The molecule has 1 saturated heterocycles. The molecule has 0 aromatic carbocycles. The summed E-state index contributed by atoms with van der Waals surface area (Å²) in [5, 5.41) is 6.91. The van der Waals surface area contributed by atoms with Gasteiger partial charge in [0, 0.05) is 16.1 Å². The summed E-state index contributed by atoms with van der Waals surface area (Å²) in [7, 11) is 0. The minimum absolute atomic E-state index is 0.173. The van der Waals surface area contributed by atoms with Gasteiger partial charge in [-0.15, -0.1) is 34.0 Å². The van der Waals surface area contributed by atoms with Gasteiger partial charge in [-0.05, 0) is 68.2 Å². The molecule has 254 valence electrons. The van der Waals surface area contributed by atoms with E-state index in [9.17, 15) is 14.4 Å². The molecule has 1 amide bonds. The third-order valence-electron chi connectivity index (χ3n) is 7.67. The van der Waals surface area contributed by atoms with Crippen LogP contribution in [0.5, 0.6) is 0 Å². The van der Waals surface area contributed by atoms with E-state index >= 15 is 0 Å². The van der Waals surface area contributed by atoms with E-state index in [1.807, 2.05) is 46.9 Å². The van der Waals surface area contributed by atoms with Gasteiger partial charge >= 0.3 is 18.0 Å². The van der Waals surface area contributed by atoms with Crippen molar-refractivity contribution in [3.63, 3.8) is 0 Å². The number of amides is 1. The molecule has 0 radical (unpaired) electrons. The second-order valence-electron chi connectivity index (χ2n) is 12.7. The van der Waals surface area contributed by atoms with Crippen LogP contribution in [-0.2, 0) is 24.5 Å². The molecule has 0 saturated carbocycles. The standard InChI is InChI=1S/C31H40N6O7S3/c1-9-41-25(38)19-14-45-23(34-19)17-11-12-31(36-17,27-35-20(15-47-27)26(39)42-10-2)22(32)18-13-46-24(33-18)21-16(3)43-30(7,8)37(21)28(40)44-29(4,5)6/h13-16,21-22H,9-12,32H2,1-8H3/t16-,21+,22-,31-/m1/s1. The van der Waals surface area contributed by atoms with Gasteiger partial charge in [0.25, 0.3) is 0 Å². The van der Waals surface area contributed by atoms with Gasteiger partial charge in [0.15, 0.2) is 11.4 Å². The van der Waals surface area contributed by atoms with E-state index < -0.39 is 47.0 Å². The molecule has 0 unspecified atom stereocenters. The molecule has 5 heterocycles. The average molecular weight is 705 g/mol. The number of aliphatic imine (C=N–C) groups is 1. The van der Waals surface area contributed by atoms with Gasteiger partial charge in [0.2, 0.25) is 0 Å². The van der Waals surface area contributed by atoms with Crippen molar-refractivity contribution in [2.45, 2.75) is 103 Å². The zero-order valence-corrected chi connectivity index (χ0v) is 30.1. The first-order valence-corrected chi connectivity index (χ1v) is 18.0. The van der Waals surface area contributed by atoms with E-state index in [1.165, 1.54) is 34.0 Å². The Bertz CT molecular complexity index is 1670. The number of esters is 2. The van der Waals surface area contributed by atoms with Crippen LogP contribution in [0.25, 0.3) is 0 Å². The zero-order valence-electron chi connectivity index (χ0n) is 27.7. The highest BCUT2D eigenvalue weighted by atomic mass is 32.1. The number of nitrogens with zero attached hydrogens (tertiary/aromatic N) is 5. The van der Waals surface area contributed by atoms with E-state index in [-0.39, 0.29) is 30.7 Å². The number of aromatic nitrogens is 3. The van der Waals surface area contributed by atoms with Crippen molar-refractivity contribution in [3.8, 4) is 0 Å². The van der Waals surface area contributed by atoms with Crippen molar-refractivity contribution in [3.05, 3.63) is 48.2 Å². The second-order valence-corrected chi connectivity index (χ2v) is 15.3. The first-order chi connectivity index (χ1) is 22.1. The molecule has 1 fully saturated rings. The number of rotatable bonds is 9. The number of hydrogen-bond acceptors (Lipinski definition) is 15. The van der Waals surface area contributed by atoms with E-state index in [1.54, 1.807) is 29.5 Å². The maximum Gasteiger partial charge on any atom is 0.413 e. The summed E-state index contributed by atoms with van der Waals surface area (Å²) in [5.74, 6) is -1.03. The molecule has 3 aromatic heterocycles.